The number of hydrogen-bond donors (Lipinski definition) is 2. The normalized spacial score (nSPS) is 10.4. The second-order valence-corrected chi connectivity index (χ2v) is 7.82. The minimum Gasteiger partial charge on any atom is -0.326 e. The van der Waals surface area contributed by atoms with Gasteiger partial charge in [-0.2, -0.15) is 11.3 Å². The molecule has 1 heterocycles. The summed E-state index contributed by atoms with van der Waals surface area (Å²) in [4.78, 5) is 24.6. The average Bonchev–Trinajstić information content (AvgIpc) is 3.16. The van der Waals surface area contributed by atoms with Crippen LogP contribution in [0.25, 0.3) is 0 Å². The van der Waals surface area contributed by atoms with Crippen LogP contribution in [-0.2, 0) is 21.8 Å². The molecular weight excluding hydrogens is 376 g/mol. The molecule has 0 unspecified atom stereocenters. The van der Waals surface area contributed by atoms with Crippen LogP contribution >= 0.6 is 23.1 Å². The number of nitrogens with one attached hydrogen (secondary N) is 2. The van der Waals surface area contributed by atoms with E-state index in [2.05, 4.69) is 27.5 Å². The summed E-state index contributed by atoms with van der Waals surface area (Å²) in [6.45, 7) is 1.47. The zero-order valence-electron chi connectivity index (χ0n) is 14.9. The van der Waals surface area contributed by atoms with E-state index in [0.29, 0.717) is 0 Å². The molecule has 2 aromatic carbocycles. The minimum atomic E-state index is -0.114. The number of anilines is 2. The van der Waals surface area contributed by atoms with Gasteiger partial charge >= 0.3 is 0 Å². The first-order valence-corrected chi connectivity index (χ1v) is 10.4. The van der Waals surface area contributed by atoms with Gasteiger partial charge in [-0.1, -0.05) is 24.3 Å². The monoisotopic (exact) mass is 396 g/mol. The van der Waals surface area contributed by atoms with E-state index in [-0.39, 0.29) is 18.2 Å². The predicted molar refractivity (Wildman–Crippen MR) is 113 cm³/mol. The molecule has 0 spiro atoms. The Bertz CT molecular complexity index is 906. The Morgan fingerprint density at radius 2 is 1.74 bits per heavy atom. The van der Waals surface area contributed by atoms with Crippen molar-refractivity contribution in [1.29, 1.82) is 0 Å². The van der Waals surface area contributed by atoms with Crippen molar-refractivity contribution in [2.45, 2.75) is 24.0 Å². The maximum absolute atomic E-state index is 12.4. The maximum atomic E-state index is 12.4. The van der Waals surface area contributed by atoms with E-state index in [4.69, 9.17) is 0 Å². The van der Waals surface area contributed by atoms with Crippen molar-refractivity contribution in [2.24, 2.45) is 0 Å². The van der Waals surface area contributed by atoms with Gasteiger partial charge in [0.05, 0.1) is 12.1 Å². The fourth-order valence-corrected chi connectivity index (χ4v) is 4.25. The molecule has 0 aliphatic rings. The third-order valence-electron chi connectivity index (χ3n) is 3.77. The maximum Gasteiger partial charge on any atom is 0.228 e. The van der Waals surface area contributed by atoms with Gasteiger partial charge in [0.15, 0.2) is 0 Å². The Morgan fingerprint density at radius 1 is 0.963 bits per heavy atom. The molecule has 3 aromatic rings. The van der Waals surface area contributed by atoms with Crippen LogP contribution in [0.4, 0.5) is 11.4 Å². The quantitative estimate of drug-likeness (QED) is 0.541. The Hall–Kier alpha value is -2.57. The molecule has 4 nitrogen and oxygen atoms in total. The predicted octanol–water partition coefficient (Wildman–Crippen LogP) is 5.18. The lowest BCUT2D eigenvalue weighted by Crippen LogP contribution is -2.15. The number of amides is 2. The summed E-state index contributed by atoms with van der Waals surface area (Å²) in [7, 11) is 0. The second kappa shape index (κ2) is 9.39. The lowest BCUT2D eigenvalue weighted by Gasteiger charge is -2.11. The van der Waals surface area contributed by atoms with E-state index in [0.717, 1.165) is 27.6 Å². The molecule has 0 radical (unpaired) electrons. The van der Waals surface area contributed by atoms with Gasteiger partial charge in [0.2, 0.25) is 11.8 Å². The highest BCUT2D eigenvalue weighted by molar-refractivity contribution is 7.98. The Kier molecular flexibility index (Phi) is 6.68. The Morgan fingerprint density at radius 3 is 2.44 bits per heavy atom. The van der Waals surface area contributed by atoms with Crippen LogP contribution in [0.3, 0.4) is 0 Å². The topological polar surface area (TPSA) is 58.2 Å². The highest BCUT2D eigenvalue weighted by atomic mass is 32.2. The number of benzene rings is 2. The van der Waals surface area contributed by atoms with Gasteiger partial charge in [-0.3, -0.25) is 9.59 Å². The first-order chi connectivity index (χ1) is 13.1. The number of thioether (sulfide) groups is 1. The molecule has 0 saturated carbocycles. The second-order valence-electron chi connectivity index (χ2n) is 6.02. The zero-order valence-corrected chi connectivity index (χ0v) is 16.5. The smallest absolute Gasteiger partial charge is 0.228 e. The summed E-state index contributed by atoms with van der Waals surface area (Å²) in [5.74, 6) is 0.698. The van der Waals surface area contributed by atoms with Gasteiger partial charge in [-0.15, -0.1) is 11.8 Å². The van der Waals surface area contributed by atoms with E-state index in [1.807, 2.05) is 36.4 Å². The van der Waals surface area contributed by atoms with Crippen LogP contribution in [-0.4, -0.2) is 11.8 Å². The van der Waals surface area contributed by atoms with Gasteiger partial charge in [-0.25, -0.2) is 0 Å². The molecule has 27 heavy (non-hydrogen) atoms. The highest BCUT2D eigenvalue weighted by Crippen LogP contribution is 2.30. The summed E-state index contributed by atoms with van der Waals surface area (Å²) in [6.07, 6.45) is 0.282. The molecule has 0 fully saturated rings. The molecule has 0 atom stereocenters. The summed E-state index contributed by atoms with van der Waals surface area (Å²) in [5.41, 5.74) is 3.73. The lowest BCUT2D eigenvalue weighted by atomic mass is 10.1. The van der Waals surface area contributed by atoms with Crippen molar-refractivity contribution >= 4 is 46.3 Å². The van der Waals surface area contributed by atoms with Crippen LogP contribution in [0.5, 0.6) is 0 Å². The number of hydrogen-bond acceptors (Lipinski definition) is 4. The van der Waals surface area contributed by atoms with E-state index in [9.17, 15) is 9.59 Å². The van der Waals surface area contributed by atoms with Crippen LogP contribution in [0, 0.1) is 0 Å². The molecule has 2 N–H and O–H groups in total. The zero-order chi connectivity index (χ0) is 19.1. The molecule has 3 rings (SSSR count). The summed E-state index contributed by atoms with van der Waals surface area (Å²) < 4.78 is 0. The molecule has 0 aliphatic carbocycles. The number of rotatable bonds is 7. The SMILES string of the molecule is CC(=O)Nc1ccc(CC(=O)Nc2ccccc2SCc2ccsc2)cc1. The van der Waals surface area contributed by atoms with E-state index in [1.165, 1.54) is 12.5 Å². The Labute approximate surface area is 167 Å². The van der Waals surface area contributed by atoms with Crippen molar-refractivity contribution in [3.63, 3.8) is 0 Å². The molecule has 0 aliphatic heterocycles. The standard InChI is InChI=1S/C21H20N2O2S2/c1-15(24)22-18-8-6-16(7-9-18)12-21(25)23-19-4-2-3-5-20(19)27-14-17-10-11-26-13-17/h2-11,13H,12,14H2,1H3,(H,22,24)(H,23,25). The van der Waals surface area contributed by atoms with Crippen LogP contribution in [0.1, 0.15) is 18.1 Å². The van der Waals surface area contributed by atoms with Crippen molar-refractivity contribution in [3.05, 3.63) is 76.5 Å². The van der Waals surface area contributed by atoms with Gasteiger partial charge in [0.1, 0.15) is 0 Å². The van der Waals surface area contributed by atoms with Crippen LogP contribution in [0.2, 0.25) is 0 Å². The number of carbonyl (C=O) groups excluding carboxylic acids is 2. The van der Waals surface area contributed by atoms with Crippen molar-refractivity contribution in [1.82, 2.24) is 0 Å². The molecule has 0 saturated heterocycles. The first-order valence-electron chi connectivity index (χ1n) is 8.49. The fraction of sp³-hybridized carbons (Fsp3) is 0.143. The van der Waals surface area contributed by atoms with Crippen molar-refractivity contribution in [2.75, 3.05) is 10.6 Å². The number of para-hydroxylation sites is 1. The average molecular weight is 397 g/mol. The molecule has 0 bridgehead atoms. The third kappa shape index (κ3) is 5.98. The van der Waals surface area contributed by atoms with Crippen LogP contribution in [0.15, 0.2) is 70.3 Å². The van der Waals surface area contributed by atoms with Gasteiger partial charge < -0.3 is 10.6 Å². The minimum absolute atomic E-state index is 0.0640. The van der Waals surface area contributed by atoms with Gasteiger partial charge in [0.25, 0.3) is 0 Å². The fourth-order valence-electron chi connectivity index (χ4n) is 2.52. The molecule has 138 valence electrons. The van der Waals surface area contributed by atoms with E-state index >= 15 is 0 Å². The van der Waals surface area contributed by atoms with Crippen molar-refractivity contribution < 1.29 is 9.59 Å². The number of thiophene rings is 1. The first kappa shape index (κ1) is 19.2. The van der Waals surface area contributed by atoms with Gasteiger partial charge in [-0.05, 0) is 52.2 Å². The largest absolute Gasteiger partial charge is 0.326 e. The molecule has 6 heteroatoms. The van der Waals surface area contributed by atoms with E-state index < -0.39 is 0 Å². The highest BCUT2D eigenvalue weighted by Gasteiger charge is 2.09. The molecule has 1 aromatic heterocycles. The van der Waals surface area contributed by atoms with Crippen molar-refractivity contribution in [3.8, 4) is 0 Å². The molecule has 2 amide bonds. The third-order valence-corrected chi connectivity index (χ3v) is 5.65. The summed E-state index contributed by atoms with van der Waals surface area (Å²) in [5, 5.41) is 9.93. The van der Waals surface area contributed by atoms with E-state index in [1.54, 1.807) is 35.2 Å². The lowest BCUT2D eigenvalue weighted by molar-refractivity contribution is -0.116. The van der Waals surface area contributed by atoms with Gasteiger partial charge in [0, 0.05) is 23.3 Å². The summed E-state index contributed by atoms with van der Waals surface area (Å²) in [6, 6.07) is 17.3. The molecular formula is C21H20N2O2S2. The number of carbonyl (C=O) groups is 2. The summed E-state index contributed by atoms with van der Waals surface area (Å²) >= 11 is 3.40. The van der Waals surface area contributed by atoms with Crippen LogP contribution < -0.4 is 10.6 Å². The Balaban J connectivity index is 1.59.